The van der Waals surface area contributed by atoms with E-state index in [1.807, 2.05) is 0 Å². The first-order valence-corrected chi connectivity index (χ1v) is 8.99. The van der Waals surface area contributed by atoms with Gasteiger partial charge in [0.25, 0.3) is 5.56 Å². The molecule has 1 aliphatic heterocycles. The van der Waals surface area contributed by atoms with E-state index in [9.17, 15) is 26.7 Å². The lowest BCUT2D eigenvalue weighted by molar-refractivity contribution is -0.137. The fourth-order valence-corrected chi connectivity index (χ4v) is 3.71. The molecule has 1 aromatic heterocycles. The lowest BCUT2D eigenvalue weighted by atomic mass is 9.97. The van der Waals surface area contributed by atoms with Gasteiger partial charge in [0.1, 0.15) is 23.5 Å². The van der Waals surface area contributed by atoms with Crippen LogP contribution in [0.4, 0.5) is 22.0 Å². The average Bonchev–Trinajstić information content (AvgIpc) is 2.76. The van der Waals surface area contributed by atoms with Crippen molar-refractivity contribution in [1.82, 2.24) is 9.55 Å². The molecule has 0 aliphatic carbocycles. The molecule has 1 aliphatic rings. The predicted molar refractivity (Wildman–Crippen MR) is 100 cm³/mol. The van der Waals surface area contributed by atoms with E-state index in [-0.39, 0.29) is 17.1 Å². The Morgan fingerprint density at radius 1 is 1.03 bits per heavy atom. The Morgan fingerprint density at radius 2 is 1.70 bits per heavy atom. The highest BCUT2D eigenvalue weighted by Gasteiger charge is 2.37. The molecule has 0 bridgehead atoms. The molecule has 0 amide bonds. The summed E-state index contributed by atoms with van der Waals surface area (Å²) in [7, 11) is 0. The fourth-order valence-electron chi connectivity index (χ4n) is 3.36. The molecule has 4 nitrogen and oxygen atoms in total. The van der Waals surface area contributed by atoms with Gasteiger partial charge in [0, 0.05) is 17.8 Å². The Balaban J connectivity index is 2.17. The largest absolute Gasteiger partial charge is 0.417 e. The number of aliphatic imine (C=N–C) groups is 1. The normalized spacial score (nSPS) is 15.8. The van der Waals surface area contributed by atoms with E-state index >= 15 is 0 Å². The van der Waals surface area contributed by atoms with Crippen LogP contribution in [0.2, 0.25) is 5.02 Å². The molecule has 0 fully saturated rings. The summed E-state index contributed by atoms with van der Waals surface area (Å²) in [6, 6.07) is 5.11. The molecule has 30 heavy (non-hydrogen) atoms. The molecular formula is C20H11ClF5N3O. The highest BCUT2D eigenvalue weighted by Crippen LogP contribution is 2.41. The quantitative estimate of drug-likeness (QED) is 0.496. The summed E-state index contributed by atoms with van der Waals surface area (Å²) in [5.41, 5.74) is -3.06. The van der Waals surface area contributed by atoms with E-state index in [1.54, 1.807) is 0 Å². The van der Waals surface area contributed by atoms with Gasteiger partial charge in [-0.15, -0.1) is 0 Å². The molecule has 3 aromatic rings. The minimum absolute atomic E-state index is 0.0567. The van der Waals surface area contributed by atoms with Crippen molar-refractivity contribution in [3.8, 4) is 5.69 Å². The summed E-state index contributed by atoms with van der Waals surface area (Å²) in [6.07, 6.45) is -3.51. The van der Waals surface area contributed by atoms with Crippen LogP contribution in [0, 0.1) is 11.6 Å². The van der Waals surface area contributed by atoms with Gasteiger partial charge < -0.3 is 4.57 Å². The SMILES string of the molecule is CC1N=C(c2c(F)cccc2F)c2c(ccc(C(F)(F)F)c2Cl)-n2ccc(=O)nc21. The fraction of sp³-hybridized carbons (Fsp3) is 0.150. The molecule has 0 saturated heterocycles. The number of fused-ring (bicyclic) bond motifs is 3. The Hall–Kier alpha value is -3.07. The molecule has 0 N–H and O–H groups in total. The molecule has 154 valence electrons. The Kier molecular flexibility index (Phi) is 4.73. The van der Waals surface area contributed by atoms with Crippen molar-refractivity contribution in [1.29, 1.82) is 0 Å². The van der Waals surface area contributed by atoms with Crippen LogP contribution >= 0.6 is 11.6 Å². The van der Waals surface area contributed by atoms with Crippen LogP contribution in [0.15, 0.2) is 52.4 Å². The molecule has 1 unspecified atom stereocenters. The highest BCUT2D eigenvalue weighted by atomic mass is 35.5. The van der Waals surface area contributed by atoms with E-state index < -0.39 is 51.3 Å². The zero-order chi connectivity index (χ0) is 21.8. The van der Waals surface area contributed by atoms with Crippen molar-refractivity contribution < 1.29 is 22.0 Å². The number of nitrogens with zero attached hydrogens (tertiary/aromatic N) is 3. The maximum absolute atomic E-state index is 14.6. The van der Waals surface area contributed by atoms with Crippen LogP contribution in [0.5, 0.6) is 0 Å². The van der Waals surface area contributed by atoms with Gasteiger partial charge in [-0.05, 0) is 31.2 Å². The Bertz CT molecular complexity index is 1250. The topological polar surface area (TPSA) is 47.2 Å². The lowest BCUT2D eigenvalue weighted by Gasteiger charge is -2.19. The first-order valence-electron chi connectivity index (χ1n) is 8.62. The lowest BCUT2D eigenvalue weighted by Crippen LogP contribution is -2.17. The molecule has 10 heteroatoms. The minimum Gasteiger partial charge on any atom is -0.302 e. The second-order valence-electron chi connectivity index (χ2n) is 6.56. The van der Waals surface area contributed by atoms with Gasteiger partial charge >= 0.3 is 6.18 Å². The monoisotopic (exact) mass is 439 g/mol. The summed E-state index contributed by atoms with van der Waals surface area (Å²) in [5, 5.41) is -0.764. The summed E-state index contributed by atoms with van der Waals surface area (Å²) >= 11 is 6.14. The van der Waals surface area contributed by atoms with Gasteiger partial charge in [-0.2, -0.15) is 18.2 Å². The molecule has 2 aromatic carbocycles. The summed E-state index contributed by atoms with van der Waals surface area (Å²) in [4.78, 5) is 19.9. The van der Waals surface area contributed by atoms with E-state index in [0.717, 1.165) is 36.4 Å². The minimum atomic E-state index is -4.81. The average molecular weight is 440 g/mol. The van der Waals surface area contributed by atoms with Gasteiger partial charge in [0.05, 0.1) is 27.5 Å². The number of benzene rings is 2. The third-order valence-corrected chi connectivity index (χ3v) is 5.05. The molecule has 1 atom stereocenters. The number of rotatable bonds is 1. The Morgan fingerprint density at radius 3 is 2.33 bits per heavy atom. The molecule has 2 heterocycles. The molecule has 0 saturated carbocycles. The smallest absolute Gasteiger partial charge is 0.302 e. The van der Waals surface area contributed by atoms with Crippen LogP contribution in [-0.4, -0.2) is 15.3 Å². The van der Waals surface area contributed by atoms with Crippen molar-refractivity contribution >= 4 is 17.3 Å². The maximum atomic E-state index is 14.6. The van der Waals surface area contributed by atoms with Crippen LogP contribution in [-0.2, 0) is 6.18 Å². The van der Waals surface area contributed by atoms with Crippen LogP contribution in [0.3, 0.4) is 0 Å². The zero-order valence-corrected chi connectivity index (χ0v) is 15.9. The molecule has 0 spiro atoms. The first-order chi connectivity index (χ1) is 14.1. The van der Waals surface area contributed by atoms with Crippen LogP contribution in [0.1, 0.15) is 35.5 Å². The van der Waals surface area contributed by atoms with Crippen molar-refractivity contribution in [3.63, 3.8) is 0 Å². The summed E-state index contributed by atoms with van der Waals surface area (Å²) in [6.45, 7) is 1.50. The number of hydrogen-bond acceptors (Lipinski definition) is 3. The zero-order valence-electron chi connectivity index (χ0n) is 15.1. The highest BCUT2D eigenvalue weighted by molar-refractivity contribution is 6.37. The van der Waals surface area contributed by atoms with Gasteiger partial charge in [-0.1, -0.05) is 17.7 Å². The summed E-state index contributed by atoms with van der Waals surface area (Å²) < 4.78 is 71.0. The predicted octanol–water partition coefficient (Wildman–Crippen LogP) is 5.09. The number of hydrogen-bond donors (Lipinski definition) is 0. The number of aromatic nitrogens is 2. The third kappa shape index (κ3) is 3.19. The first kappa shape index (κ1) is 20.2. The van der Waals surface area contributed by atoms with Crippen LogP contribution in [0.25, 0.3) is 5.69 Å². The van der Waals surface area contributed by atoms with E-state index in [1.165, 1.54) is 17.7 Å². The van der Waals surface area contributed by atoms with Gasteiger partial charge in [0.15, 0.2) is 0 Å². The standard InChI is InChI=1S/C20H11ClF5N3O/c1-9-19-28-14(30)7-8-29(19)13-6-5-10(20(24,25)26)17(21)16(13)18(27-9)15-11(22)3-2-4-12(15)23/h2-9H,1H3. The van der Waals surface area contributed by atoms with Crippen molar-refractivity contribution in [3.05, 3.63) is 92.1 Å². The van der Waals surface area contributed by atoms with Crippen molar-refractivity contribution in [2.24, 2.45) is 4.99 Å². The number of halogens is 6. The van der Waals surface area contributed by atoms with E-state index in [4.69, 9.17) is 11.6 Å². The van der Waals surface area contributed by atoms with E-state index in [2.05, 4.69) is 9.98 Å². The van der Waals surface area contributed by atoms with Crippen molar-refractivity contribution in [2.75, 3.05) is 0 Å². The van der Waals surface area contributed by atoms with Gasteiger partial charge in [-0.25, -0.2) is 8.78 Å². The Labute approximate surface area is 171 Å². The van der Waals surface area contributed by atoms with Crippen molar-refractivity contribution in [2.45, 2.75) is 19.1 Å². The molecular weight excluding hydrogens is 429 g/mol. The molecule has 4 rings (SSSR count). The van der Waals surface area contributed by atoms with Gasteiger partial charge in [0.2, 0.25) is 0 Å². The third-order valence-electron chi connectivity index (χ3n) is 4.66. The molecule has 0 radical (unpaired) electrons. The second kappa shape index (κ2) is 7.02. The summed E-state index contributed by atoms with van der Waals surface area (Å²) in [5.74, 6) is -1.95. The number of alkyl halides is 3. The van der Waals surface area contributed by atoms with Gasteiger partial charge in [-0.3, -0.25) is 9.79 Å². The van der Waals surface area contributed by atoms with Crippen LogP contribution < -0.4 is 5.56 Å². The maximum Gasteiger partial charge on any atom is 0.417 e. The van der Waals surface area contributed by atoms with E-state index in [0.29, 0.717) is 0 Å². The second-order valence-corrected chi connectivity index (χ2v) is 6.94.